The van der Waals surface area contributed by atoms with Crippen molar-refractivity contribution >= 4 is 23.1 Å². The number of pyridine rings is 2. The standard InChI is InChI=1S/C21H18F3N5OS/c22-21(23,24)13-3-4-17(27-10-13)28-15-8-12-9-16(15)29(11-12)20(30)14-2-1-5-25-18(14)19-26-6-7-31-19/h1-7,10,12,15-16H,8-9,11H2,(H,27,28)/t12-,15-,16+/m1/s1. The van der Waals surface area contributed by atoms with Crippen LogP contribution in [0.2, 0.25) is 0 Å². The Morgan fingerprint density at radius 2 is 2.00 bits per heavy atom. The molecule has 0 spiro atoms. The van der Waals surface area contributed by atoms with Crippen LogP contribution < -0.4 is 5.32 Å². The Labute approximate surface area is 180 Å². The van der Waals surface area contributed by atoms with Crippen LogP contribution in [0, 0.1) is 5.92 Å². The molecule has 10 heteroatoms. The fraction of sp³-hybridized carbons (Fsp3) is 0.333. The van der Waals surface area contributed by atoms with Gasteiger partial charge in [0.2, 0.25) is 0 Å². The van der Waals surface area contributed by atoms with Crippen molar-refractivity contribution in [2.24, 2.45) is 5.92 Å². The van der Waals surface area contributed by atoms with Crippen LogP contribution in [0.3, 0.4) is 0 Å². The number of halogens is 3. The molecule has 1 aliphatic carbocycles. The number of piperidine rings is 1. The third kappa shape index (κ3) is 3.76. The molecule has 2 fully saturated rings. The summed E-state index contributed by atoms with van der Waals surface area (Å²) in [7, 11) is 0. The fourth-order valence-electron chi connectivity index (χ4n) is 4.49. The summed E-state index contributed by atoms with van der Waals surface area (Å²) in [5, 5.41) is 5.76. The first-order chi connectivity index (χ1) is 14.9. The number of hydrogen-bond acceptors (Lipinski definition) is 6. The Morgan fingerprint density at radius 1 is 1.13 bits per heavy atom. The molecule has 160 valence electrons. The molecule has 2 bridgehead atoms. The Hall–Kier alpha value is -3.01. The van der Waals surface area contributed by atoms with E-state index >= 15 is 0 Å². The first-order valence-electron chi connectivity index (χ1n) is 9.86. The number of carbonyl (C=O) groups is 1. The van der Waals surface area contributed by atoms with Crippen LogP contribution in [0.5, 0.6) is 0 Å². The normalized spacial score (nSPS) is 22.7. The molecule has 6 nitrogen and oxygen atoms in total. The molecule has 1 saturated heterocycles. The summed E-state index contributed by atoms with van der Waals surface area (Å²) in [6, 6.07) is 5.74. The zero-order valence-corrected chi connectivity index (χ0v) is 17.0. The van der Waals surface area contributed by atoms with E-state index in [0.717, 1.165) is 25.1 Å². The summed E-state index contributed by atoms with van der Waals surface area (Å²) in [6.45, 7) is 0.661. The highest BCUT2D eigenvalue weighted by molar-refractivity contribution is 7.13. The van der Waals surface area contributed by atoms with Crippen molar-refractivity contribution in [3.8, 4) is 10.7 Å². The van der Waals surface area contributed by atoms with Crippen LogP contribution in [0.4, 0.5) is 19.0 Å². The SMILES string of the molecule is O=C(c1cccnc1-c1nccs1)N1C[C@@H]2C[C@@H](Nc3ccc(C(F)(F)F)cn3)[C@@H]1C2. The van der Waals surface area contributed by atoms with Gasteiger partial charge in [0.1, 0.15) is 16.5 Å². The smallest absolute Gasteiger partial charge is 0.365 e. The van der Waals surface area contributed by atoms with Gasteiger partial charge in [0.15, 0.2) is 0 Å². The number of hydrogen-bond donors (Lipinski definition) is 1. The van der Waals surface area contributed by atoms with Crippen LogP contribution >= 0.6 is 11.3 Å². The van der Waals surface area contributed by atoms with E-state index in [0.29, 0.717) is 34.5 Å². The number of amides is 1. The van der Waals surface area contributed by atoms with Gasteiger partial charge in [-0.3, -0.25) is 9.78 Å². The molecule has 31 heavy (non-hydrogen) atoms. The average molecular weight is 445 g/mol. The van der Waals surface area contributed by atoms with Gasteiger partial charge in [-0.1, -0.05) is 0 Å². The van der Waals surface area contributed by atoms with Gasteiger partial charge in [-0.15, -0.1) is 11.3 Å². The molecule has 0 aromatic carbocycles. The van der Waals surface area contributed by atoms with Crippen molar-refractivity contribution in [3.05, 3.63) is 59.4 Å². The number of rotatable bonds is 4. The maximum atomic E-state index is 13.4. The number of likely N-dealkylation sites (tertiary alicyclic amines) is 1. The molecule has 3 atom stereocenters. The van der Waals surface area contributed by atoms with Crippen molar-refractivity contribution in [1.82, 2.24) is 19.9 Å². The molecule has 4 heterocycles. The Kier molecular flexibility index (Phi) is 4.88. The highest BCUT2D eigenvalue weighted by atomic mass is 32.1. The Bertz CT molecular complexity index is 1090. The molecule has 1 aliphatic heterocycles. The predicted octanol–water partition coefficient (Wildman–Crippen LogP) is 4.33. The minimum atomic E-state index is -4.42. The van der Waals surface area contributed by atoms with E-state index in [4.69, 9.17) is 0 Å². The third-order valence-corrected chi connectivity index (χ3v) is 6.62. The molecular weight excluding hydrogens is 427 g/mol. The molecule has 5 rings (SSSR count). The van der Waals surface area contributed by atoms with Crippen molar-refractivity contribution in [2.45, 2.75) is 31.1 Å². The summed E-state index contributed by atoms with van der Waals surface area (Å²) in [5.74, 6) is 0.626. The van der Waals surface area contributed by atoms with Gasteiger partial charge in [0.25, 0.3) is 5.91 Å². The second-order valence-electron chi connectivity index (χ2n) is 7.78. The second kappa shape index (κ2) is 7.60. The predicted molar refractivity (Wildman–Crippen MR) is 110 cm³/mol. The number of aromatic nitrogens is 3. The van der Waals surface area contributed by atoms with Gasteiger partial charge in [-0.25, -0.2) is 9.97 Å². The lowest BCUT2D eigenvalue weighted by molar-refractivity contribution is -0.137. The number of anilines is 1. The summed E-state index contributed by atoms with van der Waals surface area (Å²) in [4.78, 5) is 27.8. The zero-order chi connectivity index (χ0) is 21.6. The van der Waals surface area contributed by atoms with E-state index in [9.17, 15) is 18.0 Å². The van der Waals surface area contributed by atoms with E-state index in [1.807, 2.05) is 10.3 Å². The van der Waals surface area contributed by atoms with E-state index in [1.54, 1.807) is 24.5 Å². The average Bonchev–Trinajstić information content (AvgIpc) is 3.50. The first kappa shape index (κ1) is 19.9. The number of nitrogens with zero attached hydrogens (tertiary/aromatic N) is 4. The van der Waals surface area contributed by atoms with Crippen molar-refractivity contribution < 1.29 is 18.0 Å². The molecule has 1 N–H and O–H groups in total. The summed E-state index contributed by atoms with van der Waals surface area (Å²) < 4.78 is 38.3. The van der Waals surface area contributed by atoms with Crippen molar-refractivity contribution in [3.63, 3.8) is 0 Å². The summed E-state index contributed by atoms with van der Waals surface area (Å²) >= 11 is 1.43. The second-order valence-corrected chi connectivity index (χ2v) is 8.67. The number of alkyl halides is 3. The van der Waals surface area contributed by atoms with E-state index in [-0.39, 0.29) is 18.0 Å². The summed E-state index contributed by atoms with van der Waals surface area (Å²) in [6.07, 6.45) is 1.44. The third-order valence-electron chi connectivity index (χ3n) is 5.84. The lowest BCUT2D eigenvalue weighted by Crippen LogP contribution is -2.47. The molecular formula is C21H18F3N5OS. The van der Waals surface area contributed by atoms with Gasteiger partial charge in [0, 0.05) is 36.6 Å². The minimum absolute atomic E-state index is 0.0501. The van der Waals surface area contributed by atoms with Gasteiger partial charge in [-0.2, -0.15) is 13.2 Å². The van der Waals surface area contributed by atoms with Crippen LogP contribution in [0.1, 0.15) is 28.8 Å². The van der Waals surface area contributed by atoms with Crippen molar-refractivity contribution in [2.75, 3.05) is 11.9 Å². The van der Waals surface area contributed by atoms with Gasteiger partial charge < -0.3 is 10.2 Å². The van der Waals surface area contributed by atoms with Gasteiger partial charge in [-0.05, 0) is 43.0 Å². The molecule has 0 radical (unpaired) electrons. The van der Waals surface area contributed by atoms with Crippen LogP contribution in [-0.2, 0) is 6.18 Å². The molecule has 2 aliphatic rings. The summed E-state index contributed by atoms with van der Waals surface area (Å²) in [5.41, 5.74) is 0.296. The highest BCUT2D eigenvalue weighted by Gasteiger charge is 2.47. The Balaban J connectivity index is 1.35. The molecule has 3 aromatic heterocycles. The number of thiazole rings is 1. The topological polar surface area (TPSA) is 71.0 Å². The molecule has 3 aromatic rings. The first-order valence-corrected chi connectivity index (χ1v) is 10.7. The maximum absolute atomic E-state index is 13.4. The van der Waals surface area contributed by atoms with E-state index in [2.05, 4.69) is 20.3 Å². The van der Waals surface area contributed by atoms with Gasteiger partial charge in [0.05, 0.1) is 17.2 Å². The fourth-order valence-corrected chi connectivity index (χ4v) is 5.14. The minimum Gasteiger partial charge on any atom is -0.365 e. The monoisotopic (exact) mass is 445 g/mol. The molecule has 1 amide bonds. The Morgan fingerprint density at radius 3 is 2.68 bits per heavy atom. The lowest BCUT2D eigenvalue weighted by Gasteiger charge is -2.34. The largest absolute Gasteiger partial charge is 0.417 e. The van der Waals surface area contributed by atoms with Gasteiger partial charge >= 0.3 is 6.18 Å². The van der Waals surface area contributed by atoms with Crippen LogP contribution in [-0.4, -0.2) is 44.4 Å². The van der Waals surface area contributed by atoms with Crippen molar-refractivity contribution in [1.29, 1.82) is 0 Å². The number of carbonyl (C=O) groups excluding carboxylic acids is 1. The molecule has 0 unspecified atom stereocenters. The number of fused-ring (bicyclic) bond motifs is 2. The zero-order valence-electron chi connectivity index (χ0n) is 16.2. The van der Waals surface area contributed by atoms with Crippen LogP contribution in [0.25, 0.3) is 10.7 Å². The molecule has 1 saturated carbocycles. The van der Waals surface area contributed by atoms with Crippen LogP contribution in [0.15, 0.2) is 48.2 Å². The maximum Gasteiger partial charge on any atom is 0.417 e. The quantitative estimate of drug-likeness (QED) is 0.647. The highest BCUT2D eigenvalue weighted by Crippen LogP contribution is 2.40. The lowest BCUT2D eigenvalue weighted by atomic mass is 10.0. The van der Waals surface area contributed by atoms with E-state index < -0.39 is 11.7 Å². The number of nitrogens with one attached hydrogen (secondary N) is 1. The van der Waals surface area contributed by atoms with E-state index in [1.165, 1.54) is 17.4 Å².